The Balaban J connectivity index is 3.07. The molecule has 0 aromatic heterocycles. The fourth-order valence-electron chi connectivity index (χ4n) is 0.433. The van der Waals surface area contributed by atoms with E-state index in [1.165, 1.54) is 0 Å². The average Bonchev–Trinajstić information content (AvgIpc) is 1.63. The zero-order chi connectivity index (χ0) is 7.33. The van der Waals surface area contributed by atoms with E-state index in [1.54, 1.807) is 0 Å². The second kappa shape index (κ2) is 3.79. The lowest BCUT2D eigenvalue weighted by Gasteiger charge is -2.13. The van der Waals surface area contributed by atoms with Crippen molar-refractivity contribution >= 4 is 0 Å². The summed E-state index contributed by atoms with van der Waals surface area (Å²) in [5.74, 6) is -2.56. The molecular weight excluding hydrogens is 122 g/mol. The average molecular weight is 135 g/mol. The van der Waals surface area contributed by atoms with Crippen molar-refractivity contribution in [1.29, 1.82) is 0 Å². The molecule has 0 aromatic rings. The number of hydrogen-bond acceptors (Lipinski definition) is 4. The third-order valence-electron chi connectivity index (χ3n) is 0.789. The minimum Gasteiger partial charge on any atom is -0.343 e. The summed E-state index contributed by atoms with van der Waals surface area (Å²) in [6.45, 7) is 2.41. The van der Waals surface area contributed by atoms with Crippen LogP contribution in [0.1, 0.15) is 13.3 Å². The van der Waals surface area contributed by atoms with Crippen LogP contribution in [-0.2, 0) is 0 Å². The van der Waals surface area contributed by atoms with E-state index < -0.39 is 5.97 Å². The van der Waals surface area contributed by atoms with Gasteiger partial charge in [-0.2, -0.15) is 0 Å². The highest BCUT2D eigenvalue weighted by molar-refractivity contribution is 4.51. The van der Waals surface area contributed by atoms with E-state index in [2.05, 4.69) is 5.32 Å². The normalized spacial score (nSPS) is 12.0. The molecule has 0 aliphatic carbocycles. The molecule has 0 saturated heterocycles. The van der Waals surface area contributed by atoms with Gasteiger partial charge in [0.05, 0.1) is 6.54 Å². The molecule has 0 saturated carbocycles. The number of aliphatic hydroxyl groups is 3. The van der Waals surface area contributed by atoms with Crippen LogP contribution in [0, 0.1) is 0 Å². The first-order chi connectivity index (χ1) is 4.06. The summed E-state index contributed by atoms with van der Waals surface area (Å²) in [6, 6.07) is 0. The van der Waals surface area contributed by atoms with Crippen LogP contribution in [0.2, 0.25) is 0 Å². The Labute approximate surface area is 54.1 Å². The summed E-state index contributed by atoms with van der Waals surface area (Å²) in [5.41, 5.74) is 0. The molecule has 0 aromatic carbocycles. The highest BCUT2D eigenvalue weighted by Gasteiger charge is 2.15. The van der Waals surface area contributed by atoms with Crippen molar-refractivity contribution in [3.8, 4) is 0 Å². The largest absolute Gasteiger partial charge is 0.343 e. The first kappa shape index (κ1) is 8.84. The third-order valence-corrected chi connectivity index (χ3v) is 0.789. The minimum absolute atomic E-state index is 0.208. The minimum atomic E-state index is -2.56. The molecular formula is C5H13NO3. The summed E-state index contributed by atoms with van der Waals surface area (Å²) in [7, 11) is 0. The van der Waals surface area contributed by atoms with Crippen molar-refractivity contribution in [2.24, 2.45) is 0 Å². The van der Waals surface area contributed by atoms with Crippen LogP contribution in [0.3, 0.4) is 0 Å². The molecule has 0 heterocycles. The summed E-state index contributed by atoms with van der Waals surface area (Å²) >= 11 is 0. The van der Waals surface area contributed by atoms with Gasteiger partial charge in [-0.15, -0.1) is 0 Å². The van der Waals surface area contributed by atoms with Gasteiger partial charge in [-0.25, -0.2) is 0 Å². The molecule has 0 radical (unpaired) electrons. The van der Waals surface area contributed by atoms with Crippen molar-refractivity contribution in [2.75, 3.05) is 13.1 Å². The van der Waals surface area contributed by atoms with Crippen molar-refractivity contribution in [2.45, 2.75) is 19.3 Å². The summed E-state index contributed by atoms with van der Waals surface area (Å²) < 4.78 is 0. The second-order valence-corrected chi connectivity index (χ2v) is 1.95. The fraction of sp³-hybridized carbons (Fsp3) is 1.00. The molecule has 4 N–H and O–H groups in total. The maximum absolute atomic E-state index is 8.29. The van der Waals surface area contributed by atoms with E-state index in [-0.39, 0.29) is 6.54 Å². The zero-order valence-electron chi connectivity index (χ0n) is 5.46. The quantitative estimate of drug-likeness (QED) is 0.283. The molecule has 0 rings (SSSR count). The smallest absolute Gasteiger partial charge is 0.288 e. The number of rotatable bonds is 4. The molecule has 56 valence electrons. The number of hydrogen-bond donors (Lipinski definition) is 4. The van der Waals surface area contributed by atoms with Crippen molar-refractivity contribution < 1.29 is 15.3 Å². The molecule has 0 aliphatic heterocycles. The predicted octanol–water partition coefficient (Wildman–Crippen LogP) is -1.38. The molecule has 0 unspecified atom stereocenters. The maximum Gasteiger partial charge on any atom is 0.288 e. The Hall–Kier alpha value is -0.160. The first-order valence-electron chi connectivity index (χ1n) is 2.94. The van der Waals surface area contributed by atoms with Crippen LogP contribution < -0.4 is 5.32 Å². The van der Waals surface area contributed by atoms with Gasteiger partial charge in [-0.05, 0) is 13.0 Å². The van der Waals surface area contributed by atoms with E-state index in [9.17, 15) is 0 Å². The second-order valence-electron chi connectivity index (χ2n) is 1.95. The maximum atomic E-state index is 8.29. The van der Waals surface area contributed by atoms with Gasteiger partial charge in [-0.3, -0.25) is 0 Å². The van der Waals surface area contributed by atoms with E-state index in [0.29, 0.717) is 6.54 Å². The highest BCUT2D eigenvalue weighted by Crippen LogP contribution is 1.87. The molecule has 0 bridgehead atoms. The van der Waals surface area contributed by atoms with Gasteiger partial charge in [-0.1, -0.05) is 6.92 Å². The van der Waals surface area contributed by atoms with Crippen molar-refractivity contribution in [3.63, 3.8) is 0 Å². The van der Waals surface area contributed by atoms with Crippen LogP contribution in [0.25, 0.3) is 0 Å². The topological polar surface area (TPSA) is 72.7 Å². The van der Waals surface area contributed by atoms with Gasteiger partial charge >= 0.3 is 0 Å². The van der Waals surface area contributed by atoms with Gasteiger partial charge in [0.1, 0.15) is 0 Å². The summed E-state index contributed by atoms with van der Waals surface area (Å²) in [4.78, 5) is 0. The molecule has 0 spiro atoms. The van der Waals surface area contributed by atoms with Crippen LogP contribution in [0.5, 0.6) is 0 Å². The van der Waals surface area contributed by atoms with Gasteiger partial charge in [0.15, 0.2) is 0 Å². The molecule has 9 heavy (non-hydrogen) atoms. The molecule has 0 atom stereocenters. The van der Waals surface area contributed by atoms with Crippen LogP contribution in [0.4, 0.5) is 0 Å². The SMILES string of the molecule is CCCNCC(O)(O)O. The Morgan fingerprint density at radius 1 is 1.33 bits per heavy atom. The van der Waals surface area contributed by atoms with Crippen LogP contribution >= 0.6 is 0 Å². The molecule has 0 amide bonds. The van der Waals surface area contributed by atoms with Gasteiger partial charge in [0.25, 0.3) is 5.97 Å². The lowest BCUT2D eigenvalue weighted by molar-refractivity contribution is -0.306. The Morgan fingerprint density at radius 3 is 2.22 bits per heavy atom. The fourth-order valence-corrected chi connectivity index (χ4v) is 0.433. The molecule has 0 fully saturated rings. The zero-order valence-corrected chi connectivity index (χ0v) is 5.46. The van der Waals surface area contributed by atoms with Gasteiger partial charge < -0.3 is 20.6 Å². The predicted molar refractivity (Wildman–Crippen MR) is 32.5 cm³/mol. The first-order valence-corrected chi connectivity index (χ1v) is 2.94. The Bertz CT molecular complexity index is 69.1. The Kier molecular flexibility index (Phi) is 3.72. The van der Waals surface area contributed by atoms with E-state index in [4.69, 9.17) is 15.3 Å². The lowest BCUT2D eigenvalue weighted by Crippen LogP contribution is -2.40. The Morgan fingerprint density at radius 2 is 1.89 bits per heavy atom. The molecule has 4 heteroatoms. The summed E-state index contributed by atoms with van der Waals surface area (Å²) in [5, 5.41) is 27.5. The van der Waals surface area contributed by atoms with Crippen LogP contribution in [-0.4, -0.2) is 34.4 Å². The molecule has 4 nitrogen and oxygen atoms in total. The van der Waals surface area contributed by atoms with Gasteiger partial charge in [0, 0.05) is 0 Å². The van der Waals surface area contributed by atoms with Gasteiger partial charge in [0.2, 0.25) is 0 Å². The third kappa shape index (κ3) is 7.84. The van der Waals surface area contributed by atoms with E-state index >= 15 is 0 Å². The number of nitrogens with one attached hydrogen (secondary N) is 1. The van der Waals surface area contributed by atoms with E-state index in [1.807, 2.05) is 6.92 Å². The molecule has 0 aliphatic rings. The van der Waals surface area contributed by atoms with Crippen molar-refractivity contribution in [3.05, 3.63) is 0 Å². The highest BCUT2D eigenvalue weighted by atomic mass is 16.7. The van der Waals surface area contributed by atoms with Crippen molar-refractivity contribution in [1.82, 2.24) is 5.32 Å². The standard InChI is InChI=1S/C5H13NO3/c1-2-3-6-4-5(7,8)9/h6-9H,2-4H2,1H3. The van der Waals surface area contributed by atoms with E-state index in [0.717, 1.165) is 6.42 Å². The lowest BCUT2D eigenvalue weighted by atomic mass is 10.4. The summed E-state index contributed by atoms with van der Waals surface area (Å²) in [6.07, 6.45) is 0.899. The van der Waals surface area contributed by atoms with Crippen LogP contribution in [0.15, 0.2) is 0 Å². The monoisotopic (exact) mass is 135 g/mol.